The summed E-state index contributed by atoms with van der Waals surface area (Å²) in [5, 5.41) is 8.52. The number of hydrogen-bond donors (Lipinski definition) is 1. The van der Waals surface area contributed by atoms with Crippen molar-refractivity contribution in [2.45, 2.75) is 26.4 Å². The van der Waals surface area contributed by atoms with Crippen molar-refractivity contribution in [3.05, 3.63) is 35.1 Å². The molecular formula is C12H13FO4. The van der Waals surface area contributed by atoms with E-state index in [1.807, 2.05) is 0 Å². The molecule has 0 aliphatic rings. The fourth-order valence-electron chi connectivity index (χ4n) is 1.36. The minimum Gasteiger partial charge on any atom is -0.481 e. The van der Waals surface area contributed by atoms with Gasteiger partial charge in [0.15, 0.2) is 0 Å². The average Bonchev–Trinajstić information content (AvgIpc) is 2.25. The molecule has 1 N–H and O–H groups in total. The second-order valence-electron chi connectivity index (χ2n) is 3.56. The molecule has 0 aliphatic heterocycles. The van der Waals surface area contributed by atoms with E-state index in [2.05, 4.69) is 0 Å². The quantitative estimate of drug-likeness (QED) is 0.798. The number of aryl methyl sites for hydroxylation is 1. The third-order valence-corrected chi connectivity index (χ3v) is 2.20. The number of carbonyl (C=O) groups is 2. The second-order valence-corrected chi connectivity index (χ2v) is 3.56. The molecule has 92 valence electrons. The smallest absolute Gasteiger partial charge is 0.303 e. The van der Waals surface area contributed by atoms with Crippen LogP contribution in [0, 0.1) is 5.82 Å². The Balaban J connectivity index is 2.76. The van der Waals surface area contributed by atoms with Gasteiger partial charge in [-0.1, -0.05) is 18.2 Å². The lowest BCUT2D eigenvalue weighted by Gasteiger charge is -2.07. The summed E-state index contributed by atoms with van der Waals surface area (Å²) in [7, 11) is 0. The van der Waals surface area contributed by atoms with Crippen LogP contribution < -0.4 is 0 Å². The summed E-state index contributed by atoms with van der Waals surface area (Å²) in [5.74, 6) is -1.97. The highest BCUT2D eigenvalue weighted by atomic mass is 19.1. The van der Waals surface area contributed by atoms with Crippen molar-refractivity contribution in [3.8, 4) is 0 Å². The lowest BCUT2D eigenvalue weighted by atomic mass is 10.1. The molecule has 0 atom stereocenters. The first kappa shape index (κ1) is 13.2. The monoisotopic (exact) mass is 240 g/mol. The zero-order chi connectivity index (χ0) is 12.8. The maximum Gasteiger partial charge on any atom is 0.303 e. The first-order chi connectivity index (χ1) is 8.00. The van der Waals surface area contributed by atoms with Crippen molar-refractivity contribution in [1.82, 2.24) is 0 Å². The van der Waals surface area contributed by atoms with E-state index in [9.17, 15) is 14.0 Å². The standard InChI is InChI=1S/C12H13FO4/c1-8(14)17-7-10-4-2-3-9(12(10)13)5-6-11(15)16/h2-4H,5-7H2,1H3,(H,15,16). The van der Waals surface area contributed by atoms with Gasteiger partial charge in [0, 0.05) is 18.9 Å². The van der Waals surface area contributed by atoms with Crippen LogP contribution in [0.25, 0.3) is 0 Å². The number of aliphatic carboxylic acids is 1. The maximum atomic E-state index is 13.8. The van der Waals surface area contributed by atoms with E-state index >= 15 is 0 Å². The molecule has 0 aliphatic carbocycles. The zero-order valence-corrected chi connectivity index (χ0v) is 9.40. The lowest BCUT2D eigenvalue weighted by molar-refractivity contribution is -0.142. The number of carbonyl (C=O) groups excluding carboxylic acids is 1. The van der Waals surface area contributed by atoms with Crippen molar-refractivity contribution >= 4 is 11.9 Å². The van der Waals surface area contributed by atoms with Crippen LogP contribution in [-0.2, 0) is 27.4 Å². The molecule has 0 radical (unpaired) electrons. The average molecular weight is 240 g/mol. The zero-order valence-electron chi connectivity index (χ0n) is 9.40. The van der Waals surface area contributed by atoms with Crippen LogP contribution in [0.2, 0.25) is 0 Å². The summed E-state index contributed by atoms with van der Waals surface area (Å²) < 4.78 is 18.5. The van der Waals surface area contributed by atoms with Gasteiger partial charge in [0.1, 0.15) is 12.4 Å². The number of esters is 1. The van der Waals surface area contributed by atoms with Gasteiger partial charge in [0.2, 0.25) is 0 Å². The topological polar surface area (TPSA) is 63.6 Å². The summed E-state index contributed by atoms with van der Waals surface area (Å²) >= 11 is 0. The maximum absolute atomic E-state index is 13.8. The van der Waals surface area contributed by atoms with E-state index in [-0.39, 0.29) is 25.0 Å². The van der Waals surface area contributed by atoms with E-state index in [1.54, 1.807) is 6.07 Å². The van der Waals surface area contributed by atoms with Gasteiger partial charge in [-0.25, -0.2) is 4.39 Å². The van der Waals surface area contributed by atoms with Crippen LogP contribution >= 0.6 is 0 Å². The Labute approximate surface area is 98.0 Å². The van der Waals surface area contributed by atoms with E-state index in [0.29, 0.717) is 5.56 Å². The highest BCUT2D eigenvalue weighted by Crippen LogP contribution is 2.15. The van der Waals surface area contributed by atoms with Crippen LogP contribution in [-0.4, -0.2) is 17.0 Å². The van der Waals surface area contributed by atoms with Crippen molar-refractivity contribution in [3.63, 3.8) is 0 Å². The second kappa shape index (κ2) is 5.98. The fourth-order valence-corrected chi connectivity index (χ4v) is 1.36. The molecule has 4 nitrogen and oxygen atoms in total. The van der Waals surface area contributed by atoms with Gasteiger partial charge < -0.3 is 9.84 Å². The molecule has 0 heterocycles. The third-order valence-electron chi connectivity index (χ3n) is 2.20. The van der Waals surface area contributed by atoms with Crippen molar-refractivity contribution in [2.24, 2.45) is 0 Å². The molecule has 0 saturated heterocycles. The summed E-state index contributed by atoms with van der Waals surface area (Å²) in [6, 6.07) is 4.64. The van der Waals surface area contributed by atoms with Crippen LogP contribution in [0.4, 0.5) is 4.39 Å². The predicted molar refractivity (Wildman–Crippen MR) is 57.8 cm³/mol. The molecule has 0 bridgehead atoms. The third kappa shape index (κ3) is 4.22. The number of ether oxygens (including phenoxy) is 1. The summed E-state index contributed by atoms with van der Waals surface area (Å²) in [6.45, 7) is 1.11. The molecule has 0 amide bonds. The Morgan fingerprint density at radius 2 is 2.00 bits per heavy atom. The molecule has 1 rings (SSSR count). The Morgan fingerprint density at radius 3 is 2.59 bits per heavy atom. The van der Waals surface area contributed by atoms with Gasteiger partial charge in [-0.05, 0) is 12.0 Å². The van der Waals surface area contributed by atoms with Crippen molar-refractivity contribution in [1.29, 1.82) is 0 Å². The molecule has 0 fully saturated rings. The Hall–Kier alpha value is -1.91. The van der Waals surface area contributed by atoms with E-state index in [1.165, 1.54) is 19.1 Å². The lowest BCUT2D eigenvalue weighted by Crippen LogP contribution is -2.04. The summed E-state index contributed by atoms with van der Waals surface area (Å²) in [6.07, 6.45) is -0.0109. The molecular weight excluding hydrogens is 227 g/mol. The highest BCUT2D eigenvalue weighted by Gasteiger charge is 2.10. The predicted octanol–water partition coefficient (Wildman–Crippen LogP) is 1.91. The van der Waals surface area contributed by atoms with Crippen molar-refractivity contribution in [2.75, 3.05) is 0 Å². The highest BCUT2D eigenvalue weighted by molar-refractivity contribution is 5.67. The van der Waals surface area contributed by atoms with E-state index in [4.69, 9.17) is 9.84 Å². The number of carboxylic acid groups (broad SMARTS) is 1. The number of hydrogen-bond acceptors (Lipinski definition) is 3. The number of carboxylic acids is 1. The minimum absolute atomic E-state index is 0.120. The minimum atomic E-state index is -0.977. The molecule has 0 unspecified atom stereocenters. The molecule has 0 aromatic heterocycles. The van der Waals surface area contributed by atoms with Gasteiger partial charge in [0.05, 0.1) is 0 Å². The summed E-state index contributed by atoms with van der Waals surface area (Å²) in [4.78, 5) is 21.0. The van der Waals surface area contributed by atoms with Gasteiger partial charge in [0.25, 0.3) is 0 Å². The fraction of sp³-hybridized carbons (Fsp3) is 0.333. The number of rotatable bonds is 5. The van der Waals surface area contributed by atoms with Gasteiger partial charge >= 0.3 is 11.9 Å². The van der Waals surface area contributed by atoms with Crippen LogP contribution in [0.3, 0.4) is 0 Å². The Kier molecular flexibility index (Phi) is 4.63. The molecule has 5 heteroatoms. The number of halogens is 1. The van der Waals surface area contributed by atoms with Gasteiger partial charge in [-0.15, -0.1) is 0 Å². The number of benzene rings is 1. The Morgan fingerprint density at radius 1 is 1.35 bits per heavy atom. The normalized spacial score (nSPS) is 10.0. The molecule has 1 aromatic carbocycles. The SMILES string of the molecule is CC(=O)OCc1cccc(CCC(=O)O)c1F. The molecule has 1 aromatic rings. The van der Waals surface area contributed by atoms with Gasteiger partial charge in [-0.3, -0.25) is 9.59 Å². The first-order valence-corrected chi connectivity index (χ1v) is 5.12. The van der Waals surface area contributed by atoms with Gasteiger partial charge in [-0.2, -0.15) is 0 Å². The van der Waals surface area contributed by atoms with Crippen LogP contribution in [0.15, 0.2) is 18.2 Å². The van der Waals surface area contributed by atoms with Crippen LogP contribution in [0.1, 0.15) is 24.5 Å². The summed E-state index contributed by atoms with van der Waals surface area (Å²) in [5.41, 5.74) is 0.570. The van der Waals surface area contributed by atoms with E-state index in [0.717, 1.165) is 0 Å². The molecule has 0 spiro atoms. The Bertz CT molecular complexity index is 392. The molecule has 0 saturated carbocycles. The van der Waals surface area contributed by atoms with Crippen molar-refractivity contribution < 1.29 is 23.8 Å². The largest absolute Gasteiger partial charge is 0.481 e. The van der Waals surface area contributed by atoms with Crippen LogP contribution in [0.5, 0.6) is 0 Å². The molecule has 17 heavy (non-hydrogen) atoms. The first-order valence-electron chi connectivity index (χ1n) is 5.12. The van der Waals surface area contributed by atoms with E-state index < -0.39 is 17.8 Å².